The Kier molecular flexibility index (Phi) is 3.66. The van der Waals surface area contributed by atoms with Gasteiger partial charge >= 0.3 is 0 Å². The summed E-state index contributed by atoms with van der Waals surface area (Å²) >= 11 is 0. The lowest BCUT2D eigenvalue weighted by atomic mass is 9.92. The first kappa shape index (κ1) is 11.7. The van der Waals surface area contributed by atoms with Gasteiger partial charge in [-0.25, -0.2) is 0 Å². The molecule has 0 aliphatic carbocycles. The average molecular weight is 222 g/mol. The second kappa shape index (κ2) is 5.02. The molecule has 0 radical (unpaired) electrons. The van der Waals surface area contributed by atoms with Crippen molar-refractivity contribution in [2.24, 2.45) is 11.7 Å². The van der Waals surface area contributed by atoms with Gasteiger partial charge in [0, 0.05) is 18.2 Å². The van der Waals surface area contributed by atoms with E-state index in [-0.39, 0.29) is 0 Å². The van der Waals surface area contributed by atoms with Crippen LogP contribution >= 0.6 is 0 Å². The Morgan fingerprint density at radius 2 is 2.31 bits per heavy atom. The molecule has 1 aromatic rings. The van der Waals surface area contributed by atoms with E-state index in [4.69, 9.17) is 10.2 Å². The Balaban J connectivity index is 1.97. The van der Waals surface area contributed by atoms with E-state index in [0.29, 0.717) is 12.6 Å². The number of hydrogen-bond donors (Lipinski definition) is 1. The van der Waals surface area contributed by atoms with Crippen LogP contribution in [0.1, 0.15) is 38.0 Å². The van der Waals surface area contributed by atoms with E-state index in [1.807, 2.05) is 0 Å². The molecule has 16 heavy (non-hydrogen) atoms. The highest BCUT2D eigenvalue weighted by molar-refractivity contribution is 5.12. The highest BCUT2D eigenvalue weighted by Gasteiger charge is 2.25. The van der Waals surface area contributed by atoms with Crippen molar-refractivity contribution < 1.29 is 4.42 Å². The molecule has 1 aliphatic rings. The quantitative estimate of drug-likeness (QED) is 0.853. The summed E-state index contributed by atoms with van der Waals surface area (Å²) in [6.07, 6.45) is 4.42. The maximum Gasteiger partial charge on any atom is 0.118 e. The third-order valence-corrected chi connectivity index (χ3v) is 3.81. The summed E-state index contributed by atoms with van der Waals surface area (Å²) in [5, 5.41) is 0. The first-order valence-electron chi connectivity index (χ1n) is 6.21. The third-order valence-electron chi connectivity index (χ3n) is 3.81. The van der Waals surface area contributed by atoms with Crippen molar-refractivity contribution in [3.63, 3.8) is 0 Å². The maximum absolute atomic E-state index is 5.57. The molecule has 2 heterocycles. The van der Waals surface area contributed by atoms with Crippen LogP contribution in [-0.2, 0) is 13.1 Å². The highest BCUT2D eigenvalue weighted by Crippen LogP contribution is 2.24. The fourth-order valence-corrected chi connectivity index (χ4v) is 2.46. The van der Waals surface area contributed by atoms with Crippen molar-refractivity contribution in [1.29, 1.82) is 0 Å². The van der Waals surface area contributed by atoms with Crippen molar-refractivity contribution in [1.82, 2.24) is 4.90 Å². The largest absolute Gasteiger partial charge is 0.468 e. The number of furan rings is 1. The standard InChI is InChI=1S/C13H22N2O/c1-10-4-3-5-15(11(10)2)8-13-6-12(7-14)9-16-13/h6,9-11H,3-5,7-8,14H2,1-2H3. The van der Waals surface area contributed by atoms with E-state index < -0.39 is 0 Å². The van der Waals surface area contributed by atoms with Crippen LogP contribution in [0.2, 0.25) is 0 Å². The minimum atomic E-state index is 0.565. The van der Waals surface area contributed by atoms with Crippen LogP contribution in [0, 0.1) is 5.92 Å². The van der Waals surface area contributed by atoms with Gasteiger partial charge in [-0.2, -0.15) is 0 Å². The highest BCUT2D eigenvalue weighted by atomic mass is 16.3. The van der Waals surface area contributed by atoms with Gasteiger partial charge in [-0.15, -0.1) is 0 Å². The Hall–Kier alpha value is -0.800. The minimum absolute atomic E-state index is 0.565. The number of likely N-dealkylation sites (tertiary alicyclic amines) is 1. The lowest BCUT2D eigenvalue weighted by Gasteiger charge is -2.37. The number of rotatable bonds is 3. The number of nitrogens with zero attached hydrogens (tertiary/aromatic N) is 1. The first-order chi connectivity index (χ1) is 7.70. The van der Waals surface area contributed by atoms with E-state index in [0.717, 1.165) is 23.8 Å². The molecule has 0 spiro atoms. The van der Waals surface area contributed by atoms with Gasteiger partial charge in [-0.3, -0.25) is 4.90 Å². The number of nitrogens with two attached hydrogens (primary N) is 1. The smallest absolute Gasteiger partial charge is 0.118 e. The molecule has 1 fully saturated rings. The van der Waals surface area contributed by atoms with Gasteiger partial charge in [0.15, 0.2) is 0 Å². The molecule has 1 aromatic heterocycles. The van der Waals surface area contributed by atoms with Crippen LogP contribution in [0.3, 0.4) is 0 Å². The van der Waals surface area contributed by atoms with Gasteiger partial charge in [-0.05, 0) is 38.3 Å². The Morgan fingerprint density at radius 3 is 3.00 bits per heavy atom. The van der Waals surface area contributed by atoms with E-state index in [1.54, 1.807) is 6.26 Å². The van der Waals surface area contributed by atoms with Gasteiger partial charge in [0.2, 0.25) is 0 Å². The molecule has 3 heteroatoms. The van der Waals surface area contributed by atoms with E-state index >= 15 is 0 Å². The fraction of sp³-hybridized carbons (Fsp3) is 0.692. The molecule has 90 valence electrons. The molecule has 1 aliphatic heterocycles. The molecule has 0 amide bonds. The second-order valence-corrected chi connectivity index (χ2v) is 4.96. The third kappa shape index (κ3) is 2.47. The van der Waals surface area contributed by atoms with Crippen LogP contribution in [-0.4, -0.2) is 17.5 Å². The molecule has 2 atom stereocenters. The normalized spacial score (nSPS) is 27.2. The van der Waals surface area contributed by atoms with Crippen LogP contribution in [0.15, 0.2) is 16.7 Å². The molecule has 1 saturated heterocycles. The predicted molar refractivity (Wildman–Crippen MR) is 64.9 cm³/mol. The zero-order valence-electron chi connectivity index (χ0n) is 10.3. The van der Waals surface area contributed by atoms with Crippen molar-refractivity contribution in [3.8, 4) is 0 Å². The molecular weight excluding hydrogens is 200 g/mol. The summed E-state index contributed by atoms with van der Waals surface area (Å²) in [5.74, 6) is 1.83. The summed E-state index contributed by atoms with van der Waals surface area (Å²) in [6.45, 7) is 7.33. The molecule has 0 saturated carbocycles. The molecule has 2 rings (SSSR count). The summed E-state index contributed by atoms with van der Waals surface area (Å²) in [7, 11) is 0. The number of hydrogen-bond acceptors (Lipinski definition) is 3. The Labute approximate surface area is 97.6 Å². The van der Waals surface area contributed by atoms with Crippen LogP contribution in [0.25, 0.3) is 0 Å². The maximum atomic E-state index is 5.57. The molecule has 2 unspecified atom stereocenters. The van der Waals surface area contributed by atoms with E-state index in [1.165, 1.54) is 19.4 Å². The van der Waals surface area contributed by atoms with Gasteiger partial charge in [0.1, 0.15) is 5.76 Å². The molecule has 0 aromatic carbocycles. The van der Waals surface area contributed by atoms with Crippen molar-refractivity contribution in [3.05, 3.63) is 23.7 Å². The van der Waals surface area contributed by atoms with Crippen molar-refractivity contribution in [2.75, 3.05) is 6.54 Å². The van der Waals surface area contributed by atoms with Gasteiger partial charge in [0.05, 0.1) is 12.8 Å². The van der Waals surface area contributed by atoms with Crippen LogP contribution in [0.4, 0.5) is 0 Å². The van der Waals surface area contributed by atoms with Crippen molar-refractivity contribution in [2.45, 2.75) is 45.8 Å². The Bertz CT molecular complexity index is 334. The van der Waals surface area contributed by atoms with Gasteiger partial charge in [-0.1, -0.05) is 6.92 Å². The first-order valence-corrected chi connectivity index (χ1v) is 6.21. The van der Waals surface area contributed by atoms with E-state index in [2.05, 4.69) is 24.8 Å². The van der Waals surface area contributed by atoms with E-state index in [9.17, 15) is 0 Å². The molecular formula is C13H22N2O. The summed E-state index contributed by atoms with van der Waals surface area (Å²) in [5.41, 5.74) is 6.66. The SMILES string of the molecule is CC1CCCN(Cc2cc(CN)co2)C1C. The molecule has 3 nitrogen and oxygen atoms in total. The zero-order valence-corrected chi connectivity index (χ0v) is 10.3. The minimum Gasteiger partial charge on any atom is -0.468 e. The lowest BCUT2D eigenvalue weighted by molar-refractivity contribution is 0.0987. The lowest BCUT2D eigenvalue weighted by Crippen LogP contribution is -2.41. The molecule has 0 bridgehead atoms. The molecule has 2 N–H and O–H groups in total. The Morgan fingerprint density at radius 1 is 1.50 bits per heavy atom. The predicted octanol–water partition coefficient (Wildman–Crippen LogP) is 2.36. The van der Waals surface area contributed by atoms with Crippen LogP contribution < -0.4 is 5.73 Å². The fourth-order valence-electron chi connectivity index (χ4n) is 2.46. The summed E-state index contributed by atoms with van der Waals surface area (Å²) in [4.78, 5) is 2.51. The number of piperidine rings is 1. The second-order valence-electron chi connectivity index (χ2n) is 4.96. The zero-order chi connectivity index (χ0) is 11.5. The monoisotopic (exact) mass is 222 g/mol. The van der Waals surface area contributed by atoms with Gasteiger partial charge < -0.3 is 10.2 Å². The van der Waals surface area contributed by atoms with Gasteiger partial charge in [0.25, 0.3) is 0 Å². The summed E-state index contributed by atoms with van der Waals surface area (Å²) < 4.78 is 5.52. The topological polar surface area (TPSA) is 42.4 Å². The summed E-state index contributed by atoms with van der Waals surface area (Å²) in [6, 6.07) is 2.73. The average Bonchev–Trinajstić information content (AvgIpc) is 2.73. The van der Waals surface area contributed by atoms with Crippen LogP contribution in [0.5, 0.6) is 0 Å². The van der Waals surface area contributed by atoms with Crippen molar-refractivity contribution >= 4 is 0 Å².